The minimum atomic E-state index is -3.06. The fourth-order valence-electron chi connectivity index (χ4n) is 2.13. The average Bonchev–Trinajstić information content (AvgIpc) is 3.06. The van der Waals surface area contributed by atoms with Gasteiger partial charge in [0, 0.05) is 14.6 Å². The van der Waals surface area contributed by atoms with Crippen LogP contribution in [-0.2, 0) is 10.0 Å². The van der Waals surface area contributed by atoms with Gasteiger partial charge >= 0.3 is 0 Å². The number of hydrogen-bond acceptors (Lipinski definition) is 2. The Labute approximate surface area is 117 Å². The van der Waals surface area contributed by atoms with Gasteiger partial charge in [-0.2, -0.15) is 4.31 Å². The maximum absolute atomic E-state index is 12.3. The van der Waals surface area contributed by atoms with Crippen LogP contribution in [0.15, 0.2) is 24.3 Å². The van der Waals surface area contributed by atoms with Crippen LogP contribution in [-0.4, -0.2) is 33.1 Å². The second kappa shape index (κ2) is 5.03. The molecule has 1 aromatic rings. The molecule has 0 spiro atoms. The van der Waals surface area contributed by atoms with Gasteiger partial charge in [-0.25, -0.2) is 8.42 Å². The molecule has 1 saturated heterocycles. The molecule has 5 heteroatoms. The van der Waals surface area contributed by atoms with Crippen molar-refractivity contribution in [2.45, 2.75) is 38.7 Å². The van der Waals surface area contributed by atoms with Crippen LogP contribution in [0.3, 0.4) is 0 Å². The van der Waals surface area contributed by atoms with Crippen LogP contribution in [0.5, 0.6) is 0 Å². The lowest BCUT2D eigenvalue weighted by atomic mass is 10.1. The summed E-state index contributed by atoms with van der Waals surface area (Å²) >= 11 is 0. The Hall–Kier alpha value is -0.653. The third-order valence-electron chi connectivity index (χ3n) is 3.46. The average molecular weight is 297 g/mol. The first-order valence-corrected chi connectivity index (χ1v) is 12.1. The van der Waals surface area contributed by atoms with E-state index in [1.807, 2.05) is 25.1 Å². The zero-order chi connectivity index (χ0) is 14.3. The van der Waals surface area contributed by atoms with Crippen molar-refractivity contribution in [2.75, 3.05) is 12.3 Å². The van der Waals surface area contributed by atoms with E-state index in [1.54, 1.807) is 4.31 Å². The zero-order valence-electron chi connectivity index (χ0n) is 12.2. The normalized spacial score (nSPS) is 23.4. The van der Waals surface area contributed by atoms with E-state index in [0.29, 0.717) is 12.3 Å². The van der Waals surface area contributed by atoms with Crippen LogP contribution < -0.4 is 0 Å². The molecule has 106 valence electrons. The molecule has 0 saturated carbocycles. The van der Waals surface area contributed by atoms with Gasteiger partial charge in [-0.1, -0.05) is 49.5 Å². The smallest absolute Gasteiger partial charge is 0.212 e. The zero-order valence-corrected chi connectivity index (χ0v) is 14.0. The van der Waals surface area contributed by atoms with Crippen LogP contribution in [0, 0.1) is 6.92 Å². The summed E-state index contributed by atoms with van der Waals surface area (Å²) in [5, 5.41) is 0. The Morgan fingerprint density at radius 2 is 2.00 bits per heavy atom. The fourth-order valence-corrected chi connectivity index (χ4v) is 6.73. The van der Waals surface area contributed by atoms with Gasteiger partial charge in [0.05, 0.1) is 11.8 Å². The van der Waals surface area contributed by atoms with Gasteiger partial charge in [0.2, 0.25) is 10.0 Å². The van der Waals surface area contributed by atoms with Gasteiger partial charge in [-0.3, -0.25) is 0 Å². The van der Waals surface area contributed by atoms with E-state index in [9.17, 15) is 8.42 Å². The molecule has 1 heterocycles. The molecular weight excluding hydrogens is 274 g/mol. The van der Waals surface area contributed by atoms with Crippen molar-refractivity contribution in [1.82, 2.24) is 4.31 Å². The van der Waals surface area contributed by atoms with Crippen molar-refractivity contribution in [2.24, 2.45) is 0 Å². The predicted molar refractivity (Wildman–Crippen MR) is 82.6 cm³/mol. The number of hydrogen-bond donors (Lipinski definition) is 0. The van der Waals surface area contributed by atoms with Gasteiger partial charge in [-0.15, -0.1) is 0 Å². The number of aryl methyl sites for hydroxylation is 1. The van der Waals surface area contributed by atoms with E-state index >= 15 is 0 Å². The Kier molecular flexibility index (Phi) is 3.91. The first-order valence-electron chi connectivity index (χ1n) is 6.75. The van der Waals surface area contributed by atoms with Crippen LogP contribution in [0.2, 0.25) is 25.7 Å². The highest BCUT2D eigenvalue weighted by Crippen LogP contribution is 2.38. The molecule has 0 bridgehead atoms. The molecule has 2 atom stereocenters. The minimum absolute atomic E-state index is 0.0755. The molecule has 0 amide bonds. The maximum atomic E-state index is 12.3. The molecule has 0 radical (unpaired) electrons. The lowest BCUT2D eigenvalue weighted by Gasteiger charge is -2.15. The molecular formula is C14H23NO2SSi. The molecule has 2 rings (SSSR count). The predicted octanol–water partition coefficient (Wildman–Crippen LogP) is 3.02. The van der Waals surface area contributed by atoms with Gasteiger partial charge in [0.25, 0.3) is 0 Å². The quantitative estimate of drug-likeness (QED) is 0.619. The summed E-state index contributed by atoms with van der Waals surface area (Å²) in [6.07, 6.45) is 0. The first-order chi connectivity index (χ1) is 8.69. The highest BCUT2D eigenvalue weighted by Gasteiger charge is 2.44. The highest BCUT2D eigenvalue weighted by molar-refractivity contribution is 7.89. The van der Waals surface area contributed by atoms with Crippen LogP contribution in [0.25, 0.3) is 0 Å². The Morgan fingerprint density at radius 3 is 2.58 bits per heavy atom. The van der Waals surface area contributed by atoms with Crippen LogP contribution in [0.1, 0.15) is 17.2 Å². The topological polar surface area (TPSA) is 37.1 Å². The molecule has 0 aliphatic carbocycles. The number of sulfonamides is 1. The van der Waals surface area contributed by atoms with Crippen LogP contribution >= 0.6 is 0 Å². The molecule has 1 fully saturated rings. The maximum Gasteiger partial charge on any atom is 0.214 e. The lowest BCUT2D eigenvalue weighted by Crippen LogP contribution is -2.26. The summed E-state index contributed by atoms with van der Waals surface area (Å²) in [4.78, 5) is 0. The molecule has 1 aliphatic rings. The summed E-state index contributed by atoms with van der Waals surface area (Å²) in [6.45, 7) is 9.32. The van der Waals surface area contributed by atoms with Crippen molar-refractivity contribution in [3.63, 3.8) is 0 Å². The van der Waals surface area contributed by atoms with Gasteiger partial charge < -0.3 is 0 Å². The van der Waals surface area contributed by atoms with Crippen molar-refractivity contribution in [3.8, 4) is 0 Å². The van der Waals surface area contributed by atoms with E-state index in [1.165, 1.54) is 5.56 Å². The molecule has 1 aromatic carbocycles. The van der Waals surface area contributed by atoms with Gasteiger partial charge in [0.15, 0.2) is 0 Å². The van der Waals surface area contributed by atoms with E-state index in [-0.39, 0.29) is 6.04 Å². The van der Waals surface area contributed by atoms with Crippen molar-refractivity contribution < 1.29 is 8.42 Å². The number of rotatable bonds is 5. The molecule has 1 aliphatic heterocycles. The third kappa shape index (κ3) is 3.90. The third-order valence-corrected chi connectivity index (χ3v) is 7.41. The Balaban J connectivity index is 2.02. The summed E-state index contributed by atoms with van der Waals surface area (Å²) in [7, 11) is -4.36. The molecule has 3 nitrogen and oxygen atoms in total. The first kappa shape index (κ1) is 14.7. The van der Waals surface area contributed by atoms with Crippen molar-refractivity contribution in [1.29, 1.82) is 0 Å². The molecule has 0 N–H and O–H groups in total. The Bertz CT molecular complexity index is 563. The van der Waals surface area contributed by atoms with E-state index < -0.39 is 18.1 Å². The summed E-state index contributed by atoms with van der Waals surface area (Å²) in [5.41, 5.74) is 2.31. The minimum Gasteiger partial charge on any atom is -0.212 e. The van der Waals surface area contributed by atoms with Crippen LogP contribution in [0.4, 0.5) is 0 Å². The summed E-state index contributed by atoms with van der Waals surface area (Å²) in [5.74, 6) is 0.311. The van der Waals surface area contributed by atoms with Gasteiger partial charge in [0.1, 0.15) is 0 Å². The monoisotopic (exact) mass is 297 g/mol. The second-order valence-electron chi connectivity index (χ2n) is 6.63. The molecule has 19 heavy (non-hydrogen) atoms. The SMILES string of the molecule is Cc1cccc([C@H]2CN2S(=O)(=O)CC[Si](C)(C)C)c1. The number of nitrogens with zero attached hydrogens (tertiary/aromatic N) is 1. The van der Waals surface area contributed by atoms with E-state index in [0.717, 1.165) is 11.6 Å². The summed E-state index contributed by atoms with van der Waals surface area (Å²) in [6, 6.07) is 9.05. The molecule has 1 unspecified atom stereocenters. The fraction of sp³-hybridized carbons (Fsp3) is 0.571. The number of benzene rings is 1. The van der Waals surface area contributed by atoms with E-state index in [4.69, 9.17) is 0 Å². The highest BCUT2D eigenvalue weighted by atomic mass is 32.2. The van der Waals surface area contributed by atoms with E-state index in [2.05, 4.69) is 25.7 Å². The lowest BCUT2D eigenvalue weighted by molar-refractivity contribution is 0.555. The van der Waals surface area contributed by atoms with Gasteiger partial charge in [-0.05, 0) is 18.5 Å². The Morgan fingerprint density at radius 1 is 1.32 bits per heavy atom. The summed E-state index contributed by atoms with van der Waals surface area (Å²) < 4.78 is 26.2. The largest absolute Gasteiger partial charge is 0.214 e. The molecule has 0 aromatic heterocycles. The second-order valence-corrected chi connectivity index (χ2v) is 14.3. The van der Waals surface area contributed by atoms with Crippen molar-refractivity contribution in [3.05, 3.63) is 35.4 Å². The standard InChI is InChI=1S/C14H23NO2SSi/c1-12-6-5-7-13(10-12)14-11-15(14)18(16,17)8-9-19(2,3)4/h5-7,10,14H,8-9,11H2,1-4H3/t14-,15?/m1/s1. The van der Waals surface area contributed by atoms with Crippen molar-refractivity contribution >= 4 is 18.1 Å².